The fourth-order valence-corrected chi connectivity index (χ4v) is 2.18. The summed E-state index contributed by atoms with van der Waals surface area (Å²) < 4.78 is 0.622. The molecular weight excluding hydrogens is 224 g/mol. The largest absolute Gasteiger partial charge is 0.267 e. The predicted octanol–water partition coefficient (Wildman–Crippen LogP) is 3.52. The molecule has 2 aromatic rings. The Kier molecular flexibility index (Phi) is 2.44. The maximum atomic E-state index is 5.94. The lowest BCUT2D eigenvalue weighted by atomic mass is 10.3. The Bertz CT molecular complexity index is 454. The third-order valence-corrected chi connectivity index (χ3v) is 3.12. The van der Waals surface area contributed by atoms with E-state index in [9.17, 15) is 0 Å². The van der Waals surface area contributed by atoms with Gasteiger partial charge in [-0.15, -0.1) is 11.3 Å². The van der Waals surface area contributed by atoms with Crippen LogP contribution < -0.4 is 0 Å². The molecule has 0 aliphatic carbocycles. The molecule has 2 nitrogen and oxygen atoms in total. The summed E-state index contributed by atoms with van der Waals surface area (Å²) in [5.41, 5.74) is 0.827. The lowest BCUT2D eigenvalue weighted by molar-refractivity contribution is 1.03. The van der Waals surface area contributed by atoms with Crippen molar-refractivity contribution in [2.75, 3.05) is 0 Å². The zero-order valence-electron chi connectivity index (χ0n) is 6.45. The molecule has 0 saturated carbocycles. The summed E-state index contributed by atoms with van der Waals surface area (Å²) in [4.78, 5) is 0.966. The summed E-state index contributed by atoms with van der Waals surface area (Å²) in [6.45, 7) is 0. The summed E-state index contributed by atoms with van der Waals surface area (Å²) >= 11 is 12.4. The highest BCUT2D eigenvalue weighted by molar-refractivity contribution is 7.71. The van der Waals surface area contributed by atoms with Crippen LogP contribution in [0.5, 0.6) is 0 Å². The van der Waals surface area contributed by atoms with E-state index in [-0.39, 0.29) is 0 Å². The molecule has 0 saturated heterocycles. The zero-order valence-corrected chi connectivity index (χ0v) is 8.84. The van der Waals surface area contributed by atoms with Crippen LogP contribution in [0.4, 0.5) is 0 Å². The van der Waals surface area contributed by atoms with Crippen LogP contribution >= 0.6 is 35.2 Å². The number of nitrogens with zero attached hydrogens (tertiary/aromatic N) is 1. The molecule has 0 unspecified atom stereocenters. The summed E-state index contributed by atoms with van der Waals surface area (Å²) in [6.07, 6.45) is 0. The Balaban J connectivity index is 2.53. The van der Waals surface area contributed by atoms with E-state index < -0.39 is 0 Å². The van der Waals surface area contributed by atoms with Gasteiger partial charge in [-0.05, 0) is 23.6 Å². The maximum Gasteiger partial charge on any atom is 0.119 e. The van der Waals surface area contributed by atoms with E-state index in [1.54, 1.807) is 17.4 Å². The third-order valence-electron chi connectivity index (χ3n) is 1.53. The van der Waals surface area contributed by atoms with Gasteiger partial charge in [0, 0.05) is 0 Å². The summed E-state index contributed by atoms with van der Waals surface area (Å²) in [5.74, 6) is 0. The van der Waals surface area contributed by atoms with Crippen LogP contribution in [0.2, 0.25) is 5.02 Å². The van der Waals surface area contributed by atoms with Crippen molar-refractivity contribution in [3.63, 3.8) is 0 Å². The first-order chi connectivity index (χ1) is 6.27. The van der Waals surface area contributed by atoms with Gasteiger partial charge in [0.15, 0.2) is 0 Å². The number of aromatic nitrogens is 2. The average Bonchev–Trinajstić information content (AvgIpc) is 2.53. The topological polar surface area (TPSA) is 28.7 Å². The minimum Gasteiger partial charge on any atom is -0.267 e. The summed E-state index contributed by atoms with van der Waals surface area (Å²) in [5, 5.41) is 9.46. The van der Waals surface area contributed by atoms with Crippen molar-refractivity contribution in [2.45, 2.75) is 0 Å². The van der Waals surface area contributed by atoms with Crippen molar-refractivity contribution in [3.05, 3.63) is 33.2 Å². The normalized spacial score (nSPS) is 10.2. The number of rotatable bonds is 1. The van der Waals surface area contributed by atoms with Gasteiger partial charge in [-0.25, -0.2) is 0 Å². The highest BCUT2D eigenvalue weighted by atomic mass is 35.5. The van der Waals surface area contributed by atoms with Crippen molar-refractivity contribution in [2.24, 2.45) is 0 Å². The Morgan fingerprint density at radius 3 is 2.77 bits per heavy atom. The summed E-state index contributed by atoms with van der Waals surface area (Å²) in [6, 6.07) is 5.51. The van der Waals surface area contributed by atoms with E-state index >= 15 is 0 Å². The van der Waals surface area contributed by atoms with E-state index in [0.717, 1.165) is 15.6 Å². The summed E-state index contributed by atoms with van der Waals surface area (Å²) in [7, 11) is 0. The van der Waals surface area contributed by atoms with Crippen molar-refractivity contribution < 1.29 is 0 Å². The smallest absolute Gasteiger partial charge is 0.119 e. The SMILES string of the molecule is S=c1ccc(-c2sccc2Cl)n[nH]1. The second-order valence-corrected chi connectivity index (χ2v) is 4.17. The lowest BCUT2D eigenvalue weighted by Gasteiger charge is -1.95. The van der Waals surface area contributed by atoms with Crippen LogP contribution in [0.25, 0.3) is 10.6 Å². The molecule has 66 valence electrons. The number of hydrogen-bond donors (Lipinski definition) is 1. The van der Waals surface area contributed by atoms with Gasteiger partial charge in [0.1, 0.15) is 10.3 Å². The van der Waals surface area contributed by atoms with Crippen molar-refractivity contribution in [3.8, 4) is 10.6 Å². The lowest BCUT2D eigenvalue weighted by Crippen LogP contribution is -1.84. The minimum atomic E-state index is 0.622. The van der Waals surface area contributed by atoms with Gasteiger partial charge in [0.2, 0.25) is 0 Å². The highest BCUT2D eigenvalue weighted by Gasteiger charge is 2.04. The Hall–Kier alpha value is -0.710. The van der Waals surface area contributed by atoms with Crippen LogP contribution in [-0.2, 0) is 0 Å². The minimum absolute atomic E-state index is 0.622. The van der Waals surface area contributed by atoms with Gasteiger partial charge in [-0.1, -0.05) is 23.8 Å². The molecule has 5 heteroatoms. The molecule has 2 aromatic heterocycles. The fourth-order valence-electron chi connectivity index (χ4n) is 0.947. The van der Waals surface area contributed by atoms with Gasteiger partial charge < -0.3 is 0 Å². The number of aromatic amines is 1. The van der Waals surface area contributed by atoms with E-state index in [4.69, 9.17) is 23.8 Å². The number of halogens is 1. The monoisotopic (exact) mass is 228 g/mol. The number of nitrogens with one attached hydrogen (secondary N) is 1. The number of thiophene rings is 1. The standard InChI is InChI=1S/C8H5ClN2S2/c9-5-3-4-13-8(5)6-1-2-7(12)11-10-6/h1-4H,(H,11,12). The van der Waals surface area contributed by atoms with Crippen molar-refractivity contribution in [1.82, 2.24) is 10.2 Å². The molecule has 0 bridgehead atoms. The third kappa shape index (κ3) is 1.80. The molecule has 0 atom stereocenters. The van der Waals surface area contributed by atoms with Crippen LogP contribution in [0.15, 0.2) is 23.6 Å². The first-order valence-corrected chi connectivity index (χ1v) is 5.23. The van der Waals surface area contributed by atoms with Crippen LogP contribution in [0.3, 0.4) is 0 Å². The van der Waals surface area contributed by atoms with Gasteiger partial charge in [-0.3, -0.25) is 5.10 Å². The van der Waals surface area contributed by atoms with Gasteiger partial charge in [-0.2, -0.15) is 5.10 Å². The highest BCUT2D eigenvalue weighted by Crippen LogP contribution is 2.31. The zero-order chi connectivity index (χ0) is 9.26. The molecule has 0 aliphatic rings. The number of H-pyrrole nitrogens is 1. The molecule has 0 aromatic carbocycles. The van der Waals surface area contributed by atoms with Gasteiger partial charge in [0.25, 0.3) is 0 Å². The van der Waals surface area contributed by atoms with E-state index in [0.29, 0.717) is 4.64 Å². The molecule has 2 rings (SSSR count). The van der Waals surface area contributed by atoms with Crippen molar-refractivity contribution in [1.29, 1.82) is 0 Å². The van der Waals surface area contributed by atoms with Crippen LogP contribution in [0.1, 0.15) is 0 Å². The van der Waals surface area contributed by atoms with Crippen LogP contribution in [0, 0.1) is 4.64 Å². The Labute approximate surface area is 89.2 Å². The van der Waals surface area contributed by atoms with Crippen molar-refractivity contribution >= 4 is 35.2 Å². The molecule has 13 heavy (non-hydrogen) atoms. The average molecular weight is 229 g/mol. The van der Waals surface area contributed by atoms with E-state index in [1.165, 1.54) is 0 Å². The van der Waals surface area contributed by atoms with E-state index in [1.807, 2.05) is 17.5 Å². The van der Waals surface area contributed by atoms with E-state index in [2.05, 4.69) is 10.2 Å². The van der Waals surface area contributed by atoms with Gasteiger partial charge >= 0.3 is 0 Å². The molecule has 2 heterocycles. The second-order valence-electron chi connectivity index (χ2n) is 2.40. The molecule has 0 aliphatic heterocycles. The molecule has 0 spiro atoms. The Morgan fingerprint density at radius 2 is 2.23 bits per heavy atom. The molecule has 0 fully saturated rings. The molecule has 0 radical (unpaired) electrons. The van der Waals surface area contributed by atoms with Crippen LogP contribution in [-0.4, -0.2) is 10.2 Å². The molecule has 0 amide bonds. The van der Waals surface area contributed by atoms with Gasteiger partial charge in [0.05, 0.1) is 9.90 Å². The first-order valence-electron chi connectivity index (χ1n) is 3.56. The fraction of sp³-hybridized carbons (Fsp3) is 0. The quantitative estimate of drug-likeness (QED) is 0.757. The second kappa shape index (κ2) is 3.57. The predicted molar refractivity (Wildman–Crippen MR) is 57.7 cm³/mol. The molecule has 1 N–H and O–H groups in total. The maximum absolute atomic E-state index is 5.94. The Morgan fingerprint density at radius 1 is 1.38 bits per heavy atom. The first kappa shape index (κ1) is 8.87. The molecular formula is C8H5ClN2S2. The number of hydrogen-bond acceptors (Lipinski definition) is 3.